The molecule has 0 aliphatic heterocycles. The van der Waals surface area contributed by atoms with E-state index in [9.17, 15) is 4.79 Å². The van der Waals surface area contributed by atoms with Gasteiger partial charge in [0, 0.05) is 12.3 Å². The average Bonchev–Trinajstić information content (AvgIpc) is 2.87. The zero-order chi connectivity index (χ0) is 11.4. The molecule has 0 fully saturated rings. The Balaban J connectivity index is 1.81. The highest BCUT2D eigenvalue weighted by atomic mass is 16.5. The Hall–Kier alpha value is -2.31. The van der Waals surface area contributed by atoms with E-state index in [1.807, 2.05) is 0 Å². The van der Waals surface area contributed by atoms with E-state index >= 15 is 0 Å². The van der Waals surface area contributed by atoms with Crippen LogP contribution in [-0.4, -0.2) is 21.4 Å². The predicted molar refractivity (Wildman–Crippen MR) is 55.7 cm³/mol. The summed E-state index contributed by atoms with van der Waals surface area (Å²) in [5.41, 5.74) is 0.825. The Morgan fingerprint density at radius 2 is 2.50 bits per heavy atom. The summed E-state index contributed by atoms with van der Waals surface area (Å²) >= 11 is 0. The van der Waals surface area contributed by atoms with Crippen LogP contribution in [0.4, 0.5) is 10.6 Å². The van der Waals surface area contributed by atoms with Gasteiger partial charge in [-0.2, -0.15) is 5.10 Å². The van der Waals surface area contributed by atoms with Crippen LogP contribution in [0.2, 0.25) is 0 Å². The summed E-state index contributed by atoms with van der Waals surface area (Å²) < 4.78 is 4.81. The highest BCUT2D eigenvalue weighted by Gasteiger charge is 2.05. The number of anilines is 1. The van der Waals surface area contributed by atoms with Gasteiger partial charge in [-0.15, -0.1) is 0 Å². The minimum atomic E-state index is -0.345. The number of urea groups is 1. The molecule has 3 N–H and O–H groups in total. The molecule has 16 heavy (non-hydrogen) atoms. The Morgan fingerprint density at radius 1 is 1.62 bits per heavy atom. The summed E-state index contributed by atoms with van der Waals surface area (Å²) in [7, 11) is 0. The molecule has 7 heteroatoms. The number of carbonyl (C=O) groups excluding carboxylic acids is 1. The van der Waals surface area contributed by atoms with Crippen molar-refractivity contribution in [1.82, 2.24) is 20.7 Å². The maximum atomic E-state index is 11.4. The smallest absolute Gasteiger partial charge is 0.320 e. The van der Waals surface area contributed by atoms with Crippen molar-refractivity contribution in [3.8, 4) is 0 Å². The molecule has 0 aliphatic rings. The van der Waals surface area contributed by atoms with E-state index < -0.39 is 0 Å². The second kappa shape index (κ2) is 4.47. The highest BCUT2D eigenvalue weighted by Crippen LogP contribution is 2.06. The first-order valence-electron chi connectivity index (χ1n) is 4.70. The normalized spacial score (nSPS) is 10.1. The average molecular weight is 221 g/mol. The van der Waals surface area contributed by atoms with Crippen molar-refractivity contribution >= 4 is 11.8 Å². The molecule has 0 bridgehead atoms. The van der Waals surface area contributed by atoms with Gasteiger partial charge in [0.05, 0.1) is 12.2 Å². The summed E-state index contributed by atoms with van der Waals surface area (Å²) in [6, 6.07) is 3.07. The molecule has 0 aliphatic carbocycles. The topological polar surface area (TPSA) is 95.8 Å². The lowest BCUT2D eigenvalue weighted by atomic mass is 10.4. The number of carbonyl (C=O) groups is 1. The molecular weight excluding hydrogens is 210 g/mol. The van der Waals surface area contributed by atoms with Gasteiger partial charge in [0.25, 0.3) is 0 Å². The Morgan fingerprint density at radius 3 is 3.12 bits per heavy atom. The molecule has 0 unspecified atom stereocenters. The number of aryl methyl sites for hydroxylation is 1. The van der Waals surface area contributed by atoms with Crippen molar-refractivity contribution in [2.75, 3.05) is 5.32 Å². The van der Waals surface area contributed by atoms with E-state index in [4.69, 9.17) is 4.52 Å². The monoisotopic (exact) mass is 221 g/mol. The summed E-state index contributed by atoms with van der Waals surface area (Å²) in [4.78, 5) is 11.4. The molecule has 2 heterocycles. The molecule has 7 nitrogen and oxygen atoms in total. The number of hydrogen-bond donors (Lipinski definition) is 3. The minimum absolute atomic E-state index is 0.345. The van der Waals surface area contributed by atoms with E-state index in [0.717, 1.165) is 5.69 Å². The summed E-state index contributed by atoms with van der Waals surface area (Å²) in [5.74, 6) is 1.03. The number of rotatable bonds is 3. The Kier molecular flexibility index (Phi) is 2.86. The van der Waals surface area contributed by atoms with Crippen LogP contribution in [0, 0.1) is 6.92 Å². The standard InChI is InChI=1S/C9H11N5O2/c1-6-4-8(14-16-6)12-9(15)10-5-7-2-3-11-13-7/h2-4H,5H2,1H3,(H,11,13)(H2,10,12,14,15). The van der Waals surface area contributed by atoms with Crippen molar-refractivity contribution in [2.24, 2.45) is 0 Å². The first kappa shape index (κ1) is 10.2. The lowest BCUT2D eigenvalue weighted by Gasteiger charge is -2.02. The number of nitrogens with one attached hydrogen (secondary N) is 3. The van der Waals surface area contributed by atoms with Crippen molar-refractivity contribution < 1.29 is 9.32 Å². The molecule has 0 aromatic carbocycles. The van der Waals surface area contributed by atoms with Gasteiger partial charge in [-0.1, -0.05) is 5.16 Å². The highest BCUT2D eigenvalue weighted by molar-refractivity contribution is 5.88. The third-order valence-corrected chi connectivity index (χ3v) is 1.87. The first-order chi connectivity index (χ1) is 7.74. The van der Waals surface area contributed by atoms with Crippen LogP contribution in [-0.2, 0) is 6.54 Å². The third kappa shape index (κ3) is 2.59. The van der Waals surface area contributed by atoms with Crippen LogP contribution < -0.4 is 10.6 Å². The number of amides is 2. The lowest BCUT2D eigenvalue weighted by molar-refractivity contribution is 0.251. The summed E-state index contributed by atoms with van der Waals surface area (Å²) in [5, 5.41) is 15.3. The van der Waals surface area contributed by atoms with Gasteiger partial charge in [0.15, 0.2) is 5.82 Å². The first-order valence-corrected chi connectivity index (χ1v) is 4.70. The minimum Gasteiger partial charge on any atom is -0.360 e. The fourth-order valence-corrected chi connectivity index (χ4v) is 1.14. The SMILES string of the molecule is Cc1cc(NC(=O)NCc2ccn[nH]2)no1. The summed E-state index contributed by atoms with van der Waals surface area (Å²) in [6.07, 6.45) is 1.62. The second-order valence-electron chi connectivity index (χ2n) is 3.21. The van der Waals surface area contributed by atoms with Crippen LogP contribution in [0.5, 0.6) is 0 Å². The van der Waals surface area contributed by atoms with E-state index in [1.165, 1.54) is 0 Å². The lowest BCUT2D eigenvalue weighted by Crippen LogP contribution is -2.28. The van der Waals surface area contributed by atoms with Crippen LogP contribution in [0.1, 0.15) is 11.5 Å². The molecule has 0 spiro atoms. The second-order valence-corrected chi connectivity index (χ2v) is 3.21. The number of hydrogen-bond acceptors (Lipinski definition) is 4. The van der Waals surface area contributed by atoms with E-state index in [0.29, 0.717) is 18.1 Å². The third-order valence-electron chi connectivity index (χ3n) is 1.87. The fourth-order valence-electron chi connectivity index (χ4n) is 1.14. The molecule has 2 rings (SSSR count). The maximum absolute atomic E-state index is 11.4. The molecular formula is C9H11N5O2. The van der Waals surface area contributed by atoms with Gasteiger partial charge in [-0.05, 0) is 13.0 Å². The fraction of sp³-hybridized carbons (Fsp3) is 0.222. The Bertz CT molecular complexity index is 462. The van der Waals surface area contributed by atoms with Crippen LogP contribution in [0.3, 0.4) is 0 Å². The van der Waals surface area contributed by atoms with Gasteiger partial charge in [0.2, 0.25) is 0 Å². The largest absolute Gasteiger partial charge is 0.360 e. The van der Waals surface area contributed by atoms with Crippen molar-refractivity contribution in [2.45, 2.75) is 13.5 Å². The van der Waals surface area contributed by atoms with Gasteiger partial charge in [-0.25, -0.2) is 4.79 Å². The van der Waals surface area contributed by atoms with Crippen molar-refractivity contribution in [3.63, 3.8) is 0 Å². The number of aromatic amines is 1. The van der Waals surface area contributed by atoms with Crippen LogP contribution >= 0.6 is 0 Å². The molecule has 84 valence electrons. The van der Waals surface area contributed by atoms with Crippen LogP contribution in [0.15, 0.2) is 22.9 Å². The number of nitrogens with zero attached hydrogens (tertiary/aromatic N) is 2. The number of aromatic nitrogens is 3. The zero-order valence-corrected chi connectivity index (χ0v) is 8.65. The molecule has 0 saturated carbocycles. The quantitative estimate of drug-likeness (QED) is 0.721. The molecule has 0 atom stereocenters. The molecule has 0 saturated heterocycles. The Labute approximate surface area is 91.2 Å². The molecule has 0 radical (unpaired) electrons. The zero-order valence-electron chi connectivity index (χ0n) is 8.65. The van der Waals surface area contributed by atoms with Crippen LogP contribution in [0.25, 0.3) is 0 Å². The predicted octanol–water partition coefficient (Wildman–Crippen LogP) is 1.03. The van der Waals surface area contributed by atoms with Gasteiger partial charge >= 0.3 is 6.03 Å². The van der Waals surface area contributed by atoms with Gasteiger partial charge in [-0.3, -0.25) is 10.4 Å². The van der Waals surface area contributed by atoms with Gasteiger partial charge in [0.1, 0.15) is 5.76 Å². The van der Waals surface area contributed by atoms with Crippen molar-refractivity contribution in [1.29, 1.82) is 0 Å². The van der Waals surface area contributed by atoms with E-state index in [2.05, 4.69) is 26.0 Å². The van der Waals surface area contributed by atoms with E-state index in [1.54, 1.807) is 25.3 Å². The molecule has 2 amide bonds. The summed E-state index contributed by atoms with van der Waals surface area (Å²) in [6.45, 7) is 2.13. The number of H-pyrrole nitrogens is 1. The maximum Gasteiger partial charge on any atom is 0.320 e. The molecule has 2 aromatic heterocycles. The van der Waals surface area contributed by atoms with Crippen molar-refractivity contribution in [3.05, 3.63) is 29.8 Å². The van der Waals surface area contributed by atoms with E-state index in [-0.39, 0.29) is 6.03 Å². The molecule has 2 aromatic rings. The van der Waals surface area contributed by atoms with Gasteiger partial charge < -0.3 is 9.84 Å².